The molecule has 2 aromatic carbocycles. The molecule has 3 rings (SSSR count). The molecule has 1 saturated carbocycles. The van der Waals surface area contributed by atoms with Gasteiger partial charge >= 0.3 is 0 Å². The van der Waals surface area contributed by atoms with Crippen molar-refractivity contribution in [3.63, 3.8) is 0 Å². The van der Waals surface area contributed by atoms with Crippen molar-refractivity contribution in [2.24, 2.45) is 5.92 Å². The van der Waals surface area contributed by atoms with E-state index in [9.17, 15) is 10.1 Å². The molecule has 0 aliphatic heterocycles. The topological polar surface area (TPSA) is 71.3 Å². The number of nitriles is 1. The molecule has 2 aromatic rings. The Bertz CT molecular complexity index is 995. The fourth-order valence-electron chi connectivity index (χ4n) is 3.84. The predicted octanol–water partition coefficient (Wildman–Crippen LogP) is 5.92. The van der Waals surface area contributed by atoms with Crippen LogP contribution in [0, 0.1) is 17.2 Å². The maximum atomic E-state index is 12.7. The molecule has 5 nitrogen and oxygen atoms in total. The molecule has 0 unspecified atom stereocenters. The van der Waals surface area contributed by atoms with E-state index in [0.29, 0.717) is 41.2 Å². The fourth-order valence-corrected chi connectivity index (χ4v) is 3.96. The predicted molar refractivity (Wildman–Crippen MR) is 127 cm³/mol. The lowest BCUT2D eigenvalue weighted by atomic mass is 9.86. The molecule has 1 amide bonds. The summed E-state index contributed by atoms with van der Waals surface area (Å²) in [6, 6.07) is 15.0. The smallest absolute Gasteiger partial charge is 0.262 e. The molecular formula is C26H29ClN2O3. The van der Waals surface area contributed by atoms with Crippen LogP contribution in [0.2, 0.25) is 5.02 Å². The maximum Gasteiger partial charge on any atom is 0.262 e. The number of amides is 1. The Balaban J connectivity index is 1.73. The first-order chi connectivity index (χ1) is 15.5. The van der Waals surface area contributed by atoms with E-state index in [4.69, 9.17) is 21.1 Å². The highest BCUT2D eigenvalue weighted by atomic mass is 35.5. The Morgan fingerprint density at radius 1 is 1.16 bits per heavy atom. The van der Waals surface area contributed by atoms with E-state index < -0.39 is 0 Å². The van der Waals surface area contributed by atoms with Crippen LogP contribution >= 0.6 is 11.6 Å². The minimum absolute atomic E-state index is 0.0834. The summed E-state index contributed by atoms with van der Waals surface area (Å²) < 4.78 is 11.7. The van der Waals surface area contributed by atoms with E-state index in [0.717, 1.165) is 24.8 Å². The zero-order valence-corrected chi connectivity index (χ0v) is 19.3. The Morgan fingerprint density at radius 2 is 1.91 bits per heavy atom. The molecule has 0 aromatic heterocycles. The lowest BCUT2D eigenvalue weighted by Crippen LogP contribution is -2.41. The van der Waals surface area contributed by atoms with Crippen molar-refractivity contribution >= 4 is 23.6 Å². The van der Waals surface area contributed by atoms with Crippen LogP contribution in [-0.2, 0) is 11.4 Å². The number of ether oxygens (including phenoxy) is 2. The molecular weight excluding hydrogens is 424 g/mol. The summed E-state index contributed by atoms with van der Waals surface area (Å²) in [4.78, 5) is 12.7. The average molecular weight is 453 g/mol. The van der Waals surface area contributed by atoms with Gasteiger partial charge < -0.3 is 14.8 Å². The zero-order valence-electron chi connectivity index (χ0n) is 18.6. The summed E-state index contributed by atoms with van der Waals surface area (Å²) >= 11 is 5.93. The molecule has 32 heavy (non-hydrogen) atoms. The highest BCUT2D eigenvalue weighted by molar-refractivity contribution is 6.30. The van der Waals surface area contributed by atoms with Crippen LogP contribution < -0.4 is 14.8 Å². The van der Waals surface area contributed by atoms with Crippen molar-refractivity contribution in [2.75, 3.05) is 6.61 Å². The van der Waals surface area contributed by atoms with E-state index in [1.807, 2.05) is 43.3 Å². The van der Waals surface area contributed by atoms with E-state index in [2.05, 4.69) is 12.2 Å². The second kappa shape index (κ2) is 11.6. The minimum atomic E-state index is -0.327. The number of carbonyl (C=O) groups excluding carboxylic acids is 1. The summed E-state index contributed by atoms with van der Waals surface area (Å²) in [5.41, 5.74) is 1.77. The third-order valence-electron chi connectivity index (χ3n) is 5.68. The number of hydrogen-bond donors (Lipinski definition) is 1. The van der Waals surface area contributed by atoms with Crippen LogP contribution in [0.3, 0.4) is 0 Å². The average Bonchev–Trinajstić information content (AvgIpc) is 2.79. The lowest BCUT2D eigenvalue weighted by Gasteiger charge is -2.29. The van der Waals surface area contributed by atoms with Gasteiger partial charge in [-0.3, -0.25) is 4.79 Å². The number of nitrogens with zero attached hydrogens (tertiary/aromatic N) is 1. The highest BCUT2D eigenvalue weighted by Crippen LogP contribution is 2.30. The molecule has 168 valence electrons. The molecule has 0 spiro atoms. The molecule has 1 aliphatic carbocycles. The molecule has 2 atom stereocenters. The normalized spacial score (nSPS) is 18.5. The first-order valence-electron chi connectivity index (χ1n) is 11.1. The first-order valence-corrected chi connectivity index (χ1v) is 11.4. The SMILES string of the molecule is CCOc1cc(/C=C(\C#N)C(=O)N[C@@H]2CCCC[C@H]2C)ccc1OCc1ccc(Cl)cc1. The van der Waals surface area contributed by atoms with Crippen molar-refractivity contribution in [1.82, 2.24) is 5.32 Å². The van der Waals surface area contributed by atoms with Gasteiger partial charge in [0, 0.05) is 11.1 Å². The first kappa shape index (κ1) is 23.7. The summed E-state index contributed by atoms with van der Waals surface area (Å²) in [6.07, 6.45) is 5.96. The van der Waals surface area contributed by atoms with Crippen LogP contribution in [-0.4, -0.2) is 18.6 Å². The molecule has 1 fully saturated rings. The van der Waals surface area contributed by atoms with Gasteiger partial charge in [-0.2, -0.15) is 5.26 Å². The van der Waals surface area contributed by atoms with Gasteiger partial charge in [0.2, 0.25) is 0 Å². The van der Waals surface area contributed by atoms with Gasteiger partial charge in [-0.25, -0.2) is 0 Å². The van der Waals surface area contributed by atoms with Gasteiger partial charge in [0.15, 0.2) is 11.5 Å². The second-order valence-corrected chi connectivity index (χ2v) is 8.50. The Morgan fingerprint density at radius 3 is 2.59 bits per heavy atom. The highest BCUT2D eigenvalue weighted by Gasteiger charge is 2.24. The number of carbonyl (C=O) groups is 1. The van der Waals surface area contributed by atoms with Crippen LogP contribution in [0.25, 0.3) is 6.08 Å². The van der Waals surface area contributed by atoms with Crippen molar-refractivity contribution in [1.29, 1.82) is 5.26 Å². The van der Waals surface area contributed by atoms with E-state index in [-0.39, 0.29) is 17.5 Å². The monoisotopic (exact) mass is 452 g/mol. The third-order valence-corrected chi connectivity index (χ3v) is 5.93. The number of hydrogen-bond acceptors (Lipinski definition) is 4. The molecule has 0 heterocycles. The number of halogens is 1. The Kier molecular flexibility index (Phi) is 8.58. The van der Waals surface area contributed by atoms with Gasteiger partial charge in [-0.1, -0.05) is 49.6 Å². The van der Waals surface area contributed by atoms with Crippen LogP contribution in [0.15, 0.2) is 48.0 Å². The van der Waals surface area contributed by atoms with Crippen molar-refractivity contribution in [3.8, 4) is 17.6 Å². The molecule has 0 radical (unpaired) electrons. The lowest BCUT2D eigenvalue weighted by molar-refractivity contribution is -0.118. The van der Waals surface area contributed by atoms with Crippen molar-refractivity contribution < 1.29 is 14.3 Å². The number of rotatable bonds is 8. The molecule has 0 saturated heterocycles. The van der Waals surface area contributed by atoms with Crippen molar-refractivity contribution in [2.45, 2.75) is 52.2 Å². The molecule has 1 N–H and O–H groups in total. The summed E-state index contributed by atoms with van der Waals surface area (Å²) in [5, 5.41) is 13.3. The van der Waals surface area contributed by atoms with Gasteiger partial charge in [-0.15, -0.1) is 0 Å². The quantitative estimate of drug-likeness (QED) is 0.398. The molecule has 0 bridgehead atoms. The third kappa shape index (κ3) is 6.51. The molecule has 1 aliphatic rings. The minimum Gasteiger partial charge on any atom is -0.490 e. The summed E-state index contributed by atoms with van der Waals surface area (Å²) in [7, 11) is 0. The van der Waals surface area contributed by atoms with Gasteiger partial charge in [0.05, 0.1) is 6.61 Å². The largest absolute Gasteiger partial charge is 0.490 e. The van der Waals surface area contributed by atoms with Gasteiger partial charge in [-0.05, 0) is 67.2 Å². The van der Waals surface area contributed by atoms with Gasteiger partial charge in [0.25, 0.3) is 5.91 Å². The van der Waals surface area contributed by atoms with E-state index in [1.54, 1.807) is 18.2 Å². The summed E-state index contributed by atoms with van der Waals surface area (Å²) in [5.74, 6) is 1.26. The van der Waals surface area contributed by atoms with Crippen LogP contribution in [0.1, 0.15) is 50.7 Å². The van der Waals surface area contributed by atoms with E-state index in [1.165, 1.54) is 6.42 Å². The maximum absolute atomic E-state index is 12.7. The van der Waals surface area contributed by atoms with Crippen molar-refractivity contribution in [3.05, 3.63) is 64.2 Å². The van der Waals surface area contributed by atoms with Crippen LogP contribution in [0.4, 0.5) is 0 Å². The Labute approximate surface area is 195 Å². The number of benzene rings is 2. The molecule has 6 heteroatoms. The van der Waals surface area contributed by atoms with Gasteiger partial charge in [0.1, 0.15) is 18.2 Å². The zero-order chi connectivity index (χ0) is 22.9. The Hall–Kier alpha value is -2.97. The number of nitrogens with one attached hydrogen (secondary N) is 1. The van der Waals surface area contributed by atoms with E-state index >= 15 is 0 Å². The van der Waals surface area contributed by atoms with Crippen LogP contribution in [0.5, 0.6) is 11.5 Å². The second-order valence-electron chi connectivity index (χ2n) is 8.07. The fraction of sp³-hybridized carbons (Fsp3) is 0.385. The summed E-state index contributed by atoms with van der Waals surface area (Å²) in [6.45, 7) is 4.88. The standard InChI is InChI=1S/C26H29ClN2O3/c1-3-31-25-15-20(10-13-24(25)32-17-19-8-11-22(27)12-9-19)14-21(16-28)26(30)29-23-7-5-4-6-18(23)2/h8-15,18,23H,3-7,17H2,1-2H3,(H,29,30)/b21-14+/t18-,23-/m1/s1.